The van der Waals surface area contributed by atoms with E-state index in [1.165, 1.54) is 5.56 Å². The summed E-state index contributed by atoms with van der Waals surface area (Å²) in [6, 6.07) is 8.01. The van der Waals surface area contributed by atoms with Crippen LogP contribution in [0.4, 0.5) is 5.69 Å². The summed E-state index contributed by atoms with van der Waals surface area (Å²) in [5, 5.41) is 2.90. The fraction of sp³-hybridized carbons (Fsp3) is 0.500. The van der Waals surface area contributed by atoms with Crippen LogP contribution in [0.1, 0.15) is 39.2 Å². The van der Waals surface area contributed by atoms with Crippen LogP contribution >= 0.6 is 15.9 Å². The van der Waals surface area contributed by atoms with Gasteiger partial charge in [0.25, 0.3) is 0 Å². The van der Waals surface area contributed by atoms with E-state index in [2.05, 4.69) is 47.2 Å². The fourth-order valence-electron chi connectivity index (χ4n) is 1.47. The number of nitrogens with one attached hydrogen (secondary N) is 1. The van der Waals surface area contributed by atoms with Gasteiger partial charge in [-0.1, -0.05) is 55.8 Å². The van der Waals surface area contributed by atoms with Crippen LogP contribution in [-0.4, -0.2) is 10.7 Å². The zero-order chi connectivity index (χ0) is 13.0. The largest absolute Gasteiger partial charge is 0.325 e. The SMILES string of the molecule is CC(C)c1ccc(NC(=O)C(Br)C(C)C)cc1. The average molecular weight is 298 g/mol. The number of alkyl halides is 1. The second-order valence-corrected chi connectivity index (χ2v) is 5.90. The molecule has 0 fully saturated rings. The number of rotatable bonds is 4. The molecule has 0 spiro atoms. The maximum Gasteiger partial charge on any atom is 0.238 e. The van der Waals surface area contributed by atoms with E-state index in [-0.39, 0.29) is 16.7 Å². The lowest BCUT2D eigenvalue weighted by atomic mass is 10.0. The van der Waals surface area contributed by atoms with Crippen molar-refractivity contribution < 1.29 is 4.79 Å². The van der Waals surface area contributed by atoms with Gasteiger partial charge < -0.3 is 5.32 Å². The third kappa shape index (κ3) is 4.15. The fourth-order valence-corrected chi connectivity index (χ4v) is 1.58. The molecule has 1 amide bonds. The summed E-state index contributed by atoms with van der Waals surface area (Å²) < 4.78 is 0. The molecule has 0 aromatic heterocycles. The van der Waals surface area contributed by atoms with Gasteiger partial charge in [-0.25, -0.2) is 0 Å². The Balaban J connectivity index is 2.66. The first-order valence-corrected chi connectivity index (χ1v) is 6.88. The van der Waals surface area contributed by atoms with Crippen LogP contribution < -0.4 is 5.32 Å². The zero-order valence-corrected chi connectivity index (χ0v) is 12.4. The number of halogens is 1. The number of anilines is 1. The predicted molar refractivity (Wildman–Crippen MR) is 76.7 cm³/mol. The van der Waals surface area contributed by atoms with Gasteiger partial charge in [-0.3, -0.25) is 4.79 Å². The maximum absolute atomic E-state index is 11.8. The number of amides is 1. The molecule has 2 nitrogen and oxygen atoms in total. The predicted octanol–water partition coefficient (Wildman–Crippen LogP) is 4.17. The molecular formula is C14H20BrNO. The Bertz CT molecular complexity index is 370. The molecule has 1 rings (SSSR count). The van der Waals surface area contributed by atoms with Crippen LogP contribution in [0.25, 0.3) is 0 Å². The lowest BCUT2D eigenvalue weighted by Crippen LogP contribution is -2.26. The standard InChI is InChI=1S/C14H20BrNO/c1-9(2)11-5-7-12(8-6-11)16-14(17)13(15)10(3)4/h5-10,13H,1-4H3,(H,16,17). The van der Waals surface area contributed by atoms with Gasteiger partial charge in [-0.15, -0.1) is 0 Å². The Morgan fingerprint density at radius 1 is 1.12 bits per heavy atom. The highest BCUT2D eigenvalue weighted by atomic mass is 79.9. The quantitative estimate of drug-likeness (QED) is 0.831. The molecule has 1 aromatic carbocycles. The van der Waals surface area contributed by atoms with Crippen molar-refractivity contribution in [3.63, 3.8) is 0 Å². The Morgan fingerprint density at radius 3 is 2.06 bits per heavy atom. The van der Waals surface area contributed by atoms with Crippen LogP contribution in [0.2, 0.25) is 0 Å². The number of hydrogen-bond donors (Lipinski definition) is 1. The second-order valence-electron chi connectivity index (χ2n) is 4.91. The van der Waals surface area contributed by atoms with Crippen LogP contribution in [-0.2, 0) is 4.79 Å². The highest BCUT2D eigenvalue weighted by Gasteiger charge is 2.18. The van der Waals surface area contributed by atoms with E-state index < -0.39 is 0 Å². The van der Waals surface area contributed by atoms with E-state index in [4.69, 9.17) is 0 Å². The molecular weight excluding hydrogens is 278 g/mol. The molecule has 3 heteroatoms. The first kappa shape index (κ1) is 14.2. The molecule has 0 radical (unpaired) electrons. The van der Waals surface area contributed by atoms with Crippen molar-refractivity contribution in [3.8, 4) is 0 Å². The Hall–Kier alpha value is -0.830. The lowest BCUT2D eigenvalue weighted by Gasteiger charge is -2.14. The molecule has 17 heavy (non-hydrogen) atoms. The van der Waals surface area contributed by atoms with Crippen molar-refractivity contribution in [2.45, 2.75) is 38.4 Å². The maximum atomic E-state index is 11.8. The molecule has 1 aromatic rings. The first-order valence-electron chi connectivity index (χ1n) is 5.96. The minimum atomic E-state index is -0.146. The number of carbonyl (C=O) groups is 1. The minimum Gasteiger partial charge on any atom is -0.325 e. The molecule has 0 heterocycles. The number of carbonyl (C=O) groups excluding carboxylic acids is 1. The monoisotopic (exact) mass is 297 g/mol. The summed E-state index contributed by atoms with van der Waals surface area (Å²) in [7, 11) is 0. The van der Waals surface area contributed by atoms with Crippen molar-refractivity contribution in [2.24, 2.45) is 5.92 Å². The molecule has 1 unspecified atom stereocenters. The van der Waals surface area contributed by atoms with Crippen LogP contribution in [0, 0.1) is 5.92 Å². The van der Waals surface area contributed by atoms with E-state index in [1.54, 1.807) is 0 Å². The van der Waals surface area contributed by atoms with Gasteiger partial charge in [0.15, 0.2) is 0 Å². The van der Waals surface area contributed by atoms with Crippen molar-refractivity contribution in [1.29, 1.82) is 0 Å². The van der Waals surface area contributed by atoms with Gasteiger partial charge in [-0.2, -0.15) is 0 Å². The van der Waals surface area contributed by atoms with Crippen LogP contribution in [0.5, 0.6) is 0 Å². The molecule has 0 saturated heterocycles. The van der Waals surface area contributed by atoms with Gasteiger partial charge in [0.2, 0.25) is 5.91 Å². The molecule has 0 aliphatic heterocycles. The molecule has 0 bridgehead atoms. The molecule has 0 aliphatic rings. The third-order valence-corrected chi connectivity index (χ3v) is 4.15. The molecule has 1 N–H and O–H groups in total. The number of hydrogen-bond acceptors (Lipinski definition) is 1. The van der Waals surface area contributed by atoms with Crippen molar-refractivity contribution in [1.82, 2.24) is 0 Å². The summed E-state index contributed by atoms with van der Waals surface area (Å²) in [6.07, 6.45) is 0. The van der Waals surface area contributed by atoms with Gasteiger partial charge in [-0.05, 0) is 29.5 Å². The molecule has 94 valence electrons. The van der Waals surface area contributed by atoms with Crippen molar-refractivity contribution >= 4 is 27.5 Å². The molecule has 0 aliphatic carbocycles. The summed E-state index contributed by atoms with van der Waals surface area (Å²) >= 11 is 3.39. The van der Waals surface area contributed by atoms with Gasteiger partial charge in [0, 0.05) is 5.69 Å². The van der Waals surface area contributed by atoms with E-state index >= 15 is 0 Å². The van der Waals surface area contributed by atoms with Gasteiger partial charge in [0.05, 0.1) is 4.83 Å². The molecule has 0 saturated carbocycles. The van der Waals surface area contributed by atoms with Crippen LogP contribution in [0.15, 0.2) is 24.3 Å². The molecule has 1 atom stereocenters. The Morgan fingerprint density at radius 2 is 1.65 bits per heavy atom. The zero-order valence-electron chi connectivity index (χ0n) is 10.8. The summed E-state index contributed by atoms with van der Waals surface area (Å²) in [5.74, 6) is 0.807. The normalized spacial score (nSPS) is 12.9. The smallest absolute Gasteiger partial charge is 0.238 e. The topological polar surface area (TPSA) is 29.1 Å². The first-order chi connectivity index (χ1) is 7.91. The summed E-state index contributed by atoms with van der Waals surface area (Å²) in [4.78, 5) is 11.7. The van der Waals surface area contributed by atoms with Gasteiger partial charge >= 0.3 is 0 Å². The van der Waals surface area contributed by atoms with E-state index in [0.29, 0.717) is 5.92 Å². The Labute approximate surface area is 112 Å². The van der Waals surface area contributed by atoms with E-state index in [1.807, 2.05) is 26.0 Å². The minimum absolute atomic E-state index is 0.0114. The highest BCUT2D eigenvalue weighted by Crippen LogP contribution is 2.19. The van der Waals surface area contributed by atoms with Gasteiger partial charge in [0.1, 0.15) is 0 Å². The number of benzene rings is 1. The van der Waals surface area contributed by atoms with Crippen LogP contribution in [0.3, 0.4) is 0 Å². The Kier molecular flexibility index (Phi) is 5.19. The summed E-state index contributed by atoms with van der Waals surface area (Å²) in [5.41, 5.74) is 2.13. The highest BCUT2D eigenvalue weighted by molar-refractivity contribution is 9.10. The van der Waals surface area contributed by atoms with E-state index in [0.717, 1.165) is 5.69 Å². The third-order valence-electron chi connectivity index (χ3n) is 2.68. The summed E-state index contributed by atoms with van der Waals surface area (Å²) in [6.45, 7) is 8.34. The van der Waals surface area contributed by atoms with Crippen molar-refractivity contribution in [2.75, 3.05) is 5.32 Å². The van der Waals surface area contributed by atoms with Crippen molar-refractivity contribution in [3.05, 3.63) is 29.8 Å². The lowest BCUT2D eigenvalue weighted by molar-refractivity contribution is -0.116. The second kappa shape index (κ2) is 6.20. The van der Waals surface area contributed by atoms with E-state index in [9.17, 15) is 4.79 Å². The average Bonchev–Trinajstić information content (AvgIpc) is 2.28.